The number of aromatic nitrogens is 4. The van der Waals surface area contributed by atoms with Gasteiger partial charge in [0, 0.05) is 19.8 Å². The lowest BCUT2D eigenvalue weighted by Crippen LogP contribution is -2.28. The van der Waals surface area contributed by atoms with Crippen molar-refractivity contribution in [1.82, 2.24) is 24.8 Å². The number of amides is 1. The number of hydrogen-bond acceptors (Lipinski definition) is 7. The van der Waals surface area contributed by atoms with Gasteiger partial charge < -0.3 is 10.2 Å². The van der Waals surface area contributed by atoms with E-state index in [4.69, 9.17) is 0 Å². The largest absolute Gasteiger partial charge is 0.433 e. The Hall–Kier alpha value is -3.37. The van der Waals surface area contributed by atoms with Gasteiger partial charge in [0.25, 0.3) is 11.9 Å². The molecule has 2 heterocycles. The highest BCUT2D eigenvalue weighted by atomic mass is 19.4. The van der Waals surface area contributed by atoms with E-state index in [0.717, 1.165) is 24.6 Å². The maximum absolute atomic E-state index is 13.1. The monoisotopic (exact) mass is 433 g/mol. The molecule has 2 aromatic rings. The predicted molar refractivity (Wildman–Crippen MR) is 110 cm³/mol. The van der Waals surface area contributed by atoms with Gasteiger partial charge in [0.2, 0.25) is 5.95 Å². The summed E-state index contributed by atoms with van der Waals surface area (Å²) in [5, 5.41) is 3.02. The molecule has 1 fully saturated rings. The number of nitrogens with zero attached hydrogens (tertiary/aromatic N) is 6. The number of aliphatic imine (C=N–C) groups is 1. The molecule has 0 atom stereocenters. The van der Waals surface area contributed by atoms with Gasteiger partial charge in [-0.15, -0.1) is 0 Å². The molecule has 0 spiro atoms. The van der Waals surface area contributed by atoms with Gasteiger partial charge in [-0.25, -0.2) is 9.98 Å². The molecule has 1 aliphatic carbocycles. The molecule has 1 saturated carbocycles. The molecule has 0 bridgehead atoms. The van der Waals surface area contributed by atoms with Crippen LogP contribution in [0.2, 0.25) is 0 Å². The molecule has 0 aromatic carbocycles. The molecule has 31 heavy (non-hydrogen) atoms. The van der Waals surface area contributed by atoms with Crippen LogP contribution in [-0.2, 0) is 11.0 Å². The fourth-order valence-electron chi connectivity index (χ4n) is 2.66. The van der Waals surface area contributed by atoms with Crippen LogP contribution in [0.15, 0.2) is 35.0 Å². The first-order valence-electron chi connectivity index (χ1n) is 9.56. The molecule has 164 valence electrons. The van der Waals surface area contributed by atoms with Crippen LogP contribution < -0.4 is 5.32 Å². The first-order valence-corrected chi connectivity index (χ1v) is 9.56. The van der Waals surface area contributed by atoms with Crippen LogP contribution in [0.1, 0.15) is 32.4 Å². The maximum Gasteiger partial charge on any atom is 0.433 e. The fraction of sp³-hybridized carbons (Fsp3) is 0.400. The summed E-state index contributed by atoms with van der Waals surface area (Å²) in [7, 11) is 3.15. The Kier molecular flexibility index (Phi) is 6.32. The first-order chi connectivity index (χ1) is 14.5. The minimum atomic E-state index is -4.61. The van der Waals surface area contributed by atoms with Crippen molar-refractivity contribution in [2.45, 2.75) is 32.9 Å². The second kappa shape index (κ2) is 8.78. The molecule has 8 nitrogen and oxygen atoms in total. The summed E-state index contributed by atoms with van der Waals surface area (Å²) in [6.45, 7) is 3.34. The van der Waals surface area contributed by atoms with Crippen molar-refractivity contribution in [3.8, 4) is 11.5 Å². The number of hydrogen-bond donors (Lipinski definition) is 1. The average Bonchev–Trinajstić information content (AvgIpc) is 3.50. The van der Waals surface area contributed by atoms with Crippen molar-refractivity contribution >= 4 is 23.5 Å². The topological polar surface area (TPSA) is 96.3 Å². The number of pyridine rings is 1. The third-order valence-electron chi connectivity index (χ3n) is 4.29. The molecule has 1 N–H and O–H groups in total. The van der Waals surface area contributed by atoms with Gasteiger partial charge >= 0.3 is 6.18 Å². The van der Waals surface area contributed by atoms with E-state index in [1.54, 1.807) is 14.1 Å². The van der Waals surface area contributed by atoms with E-state index < -0.39 is 11.9 Å². The number of allylic oxidation sites excluding steroid dienone is 2. The van der Waals surface area contributed by atoms with E-state index in [1.165, 1.54) is 24.0 Å². The molecule has 0 radical (unpaired) electrons. The molecular formula is C20H22F3N7O. The Labute approximate surface area is 177 Å². The van der Waals surface area contributed by atoms with Crippen LogP contribution >= 0.6 is 0 Å². The van der Waals surface area contributed by atoms with Crippen molar-refractivity contribution < 1.29 is 18.0 Å². The lowest BCUT2D eigenvalue weighted by Gasteiger charge is -2.11. The molecule has 3 rings (SSSR count). The molecule has 0 aliphatic heterocycles. The number of carbonyl (C=O) groups is 1. The molecular weight excluding hydrogens is 411 g/mol. The fourth-order valence-corrected chi connectivity index (χ4v) is 2.66. The van der Waals surface area contributed by atoms with Crippen LogP contribution in [-0.4, -0.2) is 50.6 Å². The number of carbonyl (C=O) groups excluding carboxylic acids is 1. The number of rotatable bonds is 6. The summed E-state index contributed by atoms with van der Waals surface area (Å²) in [5.41, 5.74) is -0.228. The third-order valence-corrected chi connectivity index (χ3v) is 4.29. The smallest absolute Gasteiger partial charge is 0.344 e. The molecule has 11 heteroatoms. The van der Waals surface area contributed by atoms with Crippen molar-refractivity contribution in [2.75, 3.05) is 19.4 Å². The van der Waals surface area contributed by atoms with Gasteiger partial charge in [0.05, 0.1) is 0 Å². The van der Waals surface area contributed by atoms with Crippen molar-refractivity contribution in [3.05, 3.63) is 35.7 Å². The zero-order chi connectivity index (χ0) is 22.8. The van der Waals surface area contributed by atoms with Crippen LogP contribution in [0, 0.1) is 5.92 Å². The van der Waals surface area contributed by atoms with Gasteiger partial charge in [0.15, 0.2) is 5.82 Å². The van der Waals surface area contributed by atoms with Gasteiger partial charge in [-0.1, -0.05) is 12.1 Å². The summed E-state index contributed by atoms with van der Waals surface area (Å²) in [5.74, 6) is 0.0441. The van der Waals surface area contributed by atoms with E-state index in [1.807, 2.05) is 13.0 Å². The van der Waals surface area contributed by atoms with E-state index in [0.29, 0.717) is 5.92 Å². The summed E-state index contributed by atoms with van der Waals surface area (Å²) >= 11 is 0. The standard InChI is InChI=1S/C20H22F3N7O/c1-11(10-13-8-9-13)24-18-27-16(14-6-5-7-15(26-14)20(21,22)23)28-19(29-18)25-12(2)17(31)30(3)4/h5-7,10,13H,8-9H2,1-4H3,(H,24,27,28,29). The van der Waals surface area contributed by atoms with Crippen molar-refractivity contribution in [2.24, 2.45) is 10.9 Å². The van der Waals surface area contributed by atoms with Gasteiger partial charge in [0.1, 0.15) is 17.1 Å². The second-order valence-electron chi connectivity index (χ2n) is 7.40. The molecule has 2 aromatic heterocycles. The van der Waals surface area contributed by atoms with E-state index >= 15 is 0 Å². The van der Waals surface area contributed by atoms with E-state index in [9.17, 15) is 18.0 Å². The number of nitrogens with one attached hydrogen (secondary N) is 1. The zero-order valence-electron chi connectivity index (χ0n) is 17.5. The lowest BCUT2D eigenvalue weighted by molar-refractivity contribution is -0.141. The van der Waals surface area contributed by atoms with Crippen molar-refractivity contribution in [3.63, 3.8) is 0 Å². The molecule has 0 unspecified atom stereocenters. The van der Waals surface area contributed by atoms with Crippen LogP contribution in [0.5, 0.6) is 0 Å². The highest BCUT2D eigenvalue weighted by molar-refractivity contribution is 6.38. The molecule has 1 aliphatic rings. The summed E-state index contributed by atoms with van der Waals surface area (Å²) in [6.07, 6.45) is -0.354. The van der Waals surface area contributed by atoms with Gasteiger partial charge in [-0.3, -0.25) is 4.79 Å². The minimum absolute atomic E-state index is 0.0860. The van der Waals surface area contributed by atoms with E-state index in [-0.39, 0.29) is 35.0 Å². The Bertz CT molecular complexity index is 1040. The minimum Gasteiger partial charge on any atom is -0.344 e. The SMILES string of the molecule is CC(=CC1CC1)Nc1nc(N=C(C)C(=O)N(C)C)nc(-c2cccc(C(F)(F)F)n2)n1. The Morgan fingerprint density at radius 2 is 1.87 bits per heavy atom. The summed E-state index contributed by atoms with van der Waals surface area (Å²) in [6, 6.07) is 3.46. The lowest BCUT2D eigenvalue weighted by atomic mass is 10.3. The van der Waals surface area contributed by atoms with Crippen molar-refractivity contribution in [1.29, 1.82) is 0 Å². The number of halogens is 3. The molecule has 1 amide bonds. The Balaban J connectivity index is 2.04. The maximum atomic E-state index is 13.1. The first kappa shape index (κ1) is 22.3. The van der Waals surface area contributed by atoms with Crippen LogP contribution in [0.3, 0.4) is 0 Å². The molecule has 0 saturated heterocycles. The van der Waals surface area contributed by atoms with E-state index in [2.05, 4.69) is 30.2 Å². The Morgan fingerprint density at radius 1 is 1.16 bits per heavy atom. The van der Waals surface area contributed by atoms with Gasteiger partial charge in [-0.05, 0) is 44.7 Å². The third kappa shape index (κ3) is 6.06. The van der Waals surface area contributed by atoms with Crippen LogP contribution in [0.25, 0.3) is 11.5 Å². The zero-order valence-corrected chi connectivity index (χ0v) is 17.5. The normalized spacial score (nSPS) is 15.1. The number of anilines is 1. The average molecular weight is 433 g/mol. The second-order valence-corrected chi connectivity index (χ2v) is 7.40. The summed E-state index contributed by atoms with van der Waals surface area (Å²) in [4.78, 5) is 33.7. The Morgan fingerprint density at radius 3 is 2.48 bits per heavy atom. The van der Waals surface area contributed by atoms with Gasteiger partial charge in [-0.2, -0.15) is 28.1 Å². The highest BCUT2D eigenvalue weighted by Gasteiger charge is 2.32. The predicted octanol–water partition coefficient (Wildman–Crippen LogP) is 3.86. The highest BCUT2D eigenvalue weighted by Crippen LogP contribution is 2.32. The van der Waals surface area contributed by atoms with Crippen LogP contribution in [0.4, 0.5) is 25.1 Å². The quantitative estimate of drug-likeness (QED) is 0.695. The summed E-state index contributed by atoms with van der Waals surface area (Å²) < 4.78 is 39.2. The number of alkyl halides is 3.